The third-order valence-electron chi connectivity index (χ3n) is 7.71. The van der Waals surface area contributed by atoms with Gasteiger partial charge >= 0.3 is 0 Å². The summed E-state index contributed by atoms with van der Waals surface area (Å²) in [6.07, 6.45) is 4.91. The molecule has 2 unspecified atom stereocenters. The number of amides is 1. The average molecular weight is 477 g/mol. The van der Waals surface area contributed by atoms with Gasteiger partial charge in [0.1, 0.15) is 0 Å². The zero-order valence-corrected chi connectivity index (χ0v) is 20.0. The molecule has 1 aromatic carbocycles. The molecule has 2 atom stereocenters. The van der Waals surface area contributed by atoms with Crippen molar-refractivity contribution in [1.29, 1.82) is 0 Å². The maximum Gasteiger partial charge on any atom is 0.250 e. The molecular weight excluding hydrogens is 444 g/mol. The van der Waals surface area contributed by atoms with Crippen molar-refractivity contribution in [2.75, 3.05) is 52.6 Å². The minimum Gasteiger partial charge on any atom is -0.454 e. The Balaban J connectivity index is 0.976. The fourth-order valence-electron chi connectivity index (χ4n) is 5.98. The molecule has 8 nitrogen and oxygen atoms in total. The molecule has 1 aromatic heterocycles. The second kappa shape index (κ2) is 9.51. The van der Waals surface area contributed by atoms with Crippen LogP contribution in [0.15, 0.2) is 53.3 Å². The molecular formula is C27H32N4O4. The predicted molar refractivity (Wildman–Crippen MR) is 132 cm³/mol. The van der Waals surface area contributed by atoms with E-state index in [4.69, 9.17) is 9.47 Å². The van der Waals surface area contributed by atoms with E-state index in [0.29, 0.717) is 18.6 Å². The maximum atomic E-state index is 12.8. The smallest absolute Gasteiger partial charge is 0.250 e. The van der Waals surface area contributed by atoms with Gasteiger partial charge in [-0.15, -0.1) is 0 Å². The van der Waals surface area contributed by atoms with Crippen LogP contribution >= 0.6 is 0 Å². The van der Waals surface area contributed by atoms with Crippen LogP contribution in [-0.2, 0) is 17.9 Å². The van der Waals surface area contributed by atoms with Crippen molar-refractivity contribution in [3.8, 4) is 11.5 Å². The Morgan fingerprint density at radius 3 is 2.71 bits per heavy atom. The summed E-state index contributed by atoms with van der Waals surface area (Å²) in [5.74, 6) is 2.63. The fourth-order valence-corrected chi connectivity index (χ4v) is 5.98. The zero-order valence-electron chi connectivity index (χ0n) is 20.0. The van der Waals surface area contributed by atoms with Crippen LogP contribution in [0.2, 0.25) is 0 Å². The Morgan fingerprint density at radius 1 is 0.971 bits per heavy atom. The molecule has 35 heavy (non-hydrogen) atoms. The van der Waals surface area contributed by atoms with Crippen molar-refractivity contribution >= 4 is 5.91 Å². The first-order chi connectivity index (χ1) is 17.1. The van der Waals surface area contributed by atoms with Crippen LogP contribution in [0, 0.1) is 5.92 Å². The third kappa shape index (κ3) is 4.73. The highest BCUT2D eigenvalue weighted by Gasteiger charge is 2.34. The van der Waals surface area contributed by atoms with Gasteiger partial charge < -0.3 is 18.9 Å². The van der Waals surface area contributed by atoms with E-state index in [2.05, 4.69) is 21.9 Å². The molecule has 184 valence electrons. The first-order valence-electron chi connectivity index (χ1n) is 12.6. The number of ether oxygens (including phenoxy) is 2. The molecule has 0 aliphatic carbocycles. The minimum absolute atomic E-state index is 0.0989. The lowest BCUT2D eigenvalue weighted by Gasteiger charge is -2.42. The number of pyridine rings is 1. The summed E-state index contributed by atoms with van der Waals surface area (Å²) >= 11 is 0. The van der Waals surface area contributed by atoms with Crippen LogP contribution in [0.3, 0.4) is 0 Å². The summed E-state index contributed by atoms with van der Waals surface area (Å²) in [4.78, 5) is 31.7. The molecule has 2 fully saturated rings. The molecule has 5 heterocycles. The van der Waals surface area contributed by atoms with Gasteiger partial charge in [-0.3, -0.25) is 19.4 Å². The molecule has 1 amide bonds. The van der Waals surface area contributed by atoms with E-state index in [-0.39, 0.29) is 11.5 Å². The number of piperidine rings is 1. The second-order valence-electron chi connectivity index (χ2n) is 10.1. The molecule has 8 heteroatoms. The summed E-state index contributed by atoms with van der Waals surface area (Å²) in [6, 6.07) is 11.7. The van der Waals surface area contributed by atoms with E-state index < -0.39 is 0 Å². The average Bonchev–Trinajstić information content (AvgIpc) is 3.33. The molecule has 4 aliphatic heterocycles. The number of hydrogen-bond donors (Lipinski definition) is 0. The van der Waals surface area contributed by atoms with E-state index >= 15 is 0 Å². The van der Waals surface area contributed by atoms with Gasteiger partial charge in [0, 0.05) is 82.7 Å². The SMILES string of the molecule is O=C(C=CCN1CC2CC(C1)c1cccc(=O)n1C2)N1CCN(Cc2ccc3c(c2)OCO3)CC1. The van der Waals surface area contributed by atoms with Crippen LogP contribution in [0.25, 0.3) is 0 Å². The second-order valence-corrected chi connectivity index (χ2v) is 10.1. The topological polar surface area (TPSA) is 67.3 Å². The van der Waals surface area contributed by atoms with E-state index in [9.17, 15) is 9.59 Å². The lowest BCUT2D eigenvalue weighted by atomic mass is 9.83. The van der Waals surface area contributed by atoms with Gasteiger partial charge in [0.05, 0.1) is 0 Å². The highest BCUT2D eigenvalue weighted by atomic mass is 16.7. The molecule has 2 saturated heterocycles. The number of fused-ring (bicyclic) bond motifs is 5. The lowest BCUT2D eigenvalue weighted by Crippen LogP contribution is -2.48. The van der Waals surface area contributed by atoms with Crippen molar-refractivity contribution < 1.29 is 14.3 Å². The van der Waals surface area contributed by atoms with Crippen molar-refractivity contribution in [3.63, 3.8) is 0 Å². The Labute approximate surface area is 205 Å². The quantitative estimate of drug-likeness (QED) is 0.614. The minimum atomic E-state index is 0.0989. The number of benzene rings is 1. The van der Waals surface area contributed by atoms with Gasteiger partial charge in [-0.25, -0.2) is 0 Å². The molecule has 0 spiro atoms. The van der Waals surface area contributed by atoms with Crippen LogP contribution in [-0.4, -0.2) is 77.8 Å². The number of aromatic nitrogens is 1. The number of piperazine rings is 1. The summed E-state index contributed by atoms with van der Waals surface area (Å²) in [5.41, 5.74) is 2.48. The predicted octanol–water partition coefficient (Wildman–Crippen LogP) is 1.90. The van der Waals surface area contributed by atoms with Crippen molar-refractivity contribution in [3.05, 3.63) is 70.2 Å². The summed E-state index contributed by atoms with van der Waals surface area (Å²) in [7, 11) is 0. The Kier molecular flexibility index (Phi) is 6.08. The van der Waals surface area contributed by atoms with E-state index in [1.165, 1.54) is 5.56 Å². The van der Waals surface area contributed by atoms with Gasteiger partial charge in [0.15, 0.2) is 11.5 Å². The number of hydrogen-bond acceptors (Lipinski definition) is 6. The summed E-state index contributed by atoms with van der Waals surface area (Å²) in [6.45, 7) is 7.86. The molecule has 0 radical (unpaired) electrons. The van der Waals surface area contributed by atoms with E-state index in [1.54, 1.807) is 12.1 Å². The molecule has 4 aliphatic rings. The van der Waals surface area contributed by atoms with Crippen molar-refractivity contribution in [1.82, 2.24) is 19.3 Å². The Morgan fingerprint density at radius 2 is 1.83 bits per heavy atom. The fraction of sp³-hybridized carbons (Fsp3) is 0.481. The third-order valence-corrected chi connectivity index (χ3v) is 7.71. The maximum absolute atomic E-state index is 12.8. The monoisotopic (exact) mass is 476 g/mol. The largest absolute Gasteiger partial charge is 0.454 e. The summed E-state index contributed by atoms with van der Waals surface area (Å²) in [5, 5.41) is 0. The number of likely N-dealkylation sites (tertiary alicyclic amines) is 1. The lowest BCUT2D eigenvalue weighted by molar-refractivity contribution is -0.127. The highest BCUT2D eigenvalue weighted by Crippen LogP contribution is 2.35. The number of carbonyl (C=O) groups excluding carboxylic acids is 1. The van der Waals surface area contributed by atoms with Gasteiger partial charge in [-0.2, -0.15) is 0 Å². The number of carbonyl (C=O) groups is 1. The van der Waals surface area contributed by atoms with Crippen LogP contribution in [0.5, 0.6) is 11.5 Å². The Bertz CT molecular complexity index is 1180. The van der Waals surface area contributed by atoms with Crippen molar-refractivity contribution in [2.45, 2.75) is 25.4 Å². The molecule has 2 bridgehead atoms. The van der Waals surface area contributed by atoms with E-state index in [0.717, 1.165) is 82.5 Å². The molecule has 6 rings (SSSR count). The zero-order chi connectivity index (χ0) is 23.8. The normalized spacial score (nSPS) is 24.1. The van der Waals surface area contributed by atoms with Crippen molar-refractivity contribution in [2.24, 2.45) is 5.92 Å². The van der Waals surface area contributed by atoms with Gasteiger partial charge in [0.2, 0.25) is 12.7 Å². The number of rotatable bonds is 5. The Hall–Kier alpha value is -3.10. The van der Waals surface area contributed by atoms with Crippen LogP contribution in [0.4, 0.5) is 0 Å². The molecule has 2 aromatic rings. The first kappa shape index (κ1) is 22.4. The first-order valence-corrected chi connectivity index (χ1v) is 12.6. The van der Waals surface area contributed by atoms with E-state index in [1.807, 2.05) is 33.7 Å². The molecule has 0 saturated carbocycles. The number of nitrogens with zero attached hydrogens (tertiary/aromatic N) is 4. The van der Waals surface area contributed by atoms with Crippen LogP contribution < -0.4 is 15.0 Å². The van der Waals surface area contributed by atoms with Gasteiger partial charge in [-0.05, 0) is 36.1 Å². The van der Waals surface area contributed by atoms with Gasteiger partial charge in [-0.1, -0.05) is 18.2 Å². The van der Waals surface area contributed by atoms with Crippen LogP contribution in [0.1, 0.15) is 23.6 Å². The molecule has 0 N–H and O–H groups in total. The summed E-state index contributed by atoms with van der Waals surface area (Å²) < 4.78 is 12.8. The standard InChI is InChI=1S/C27H32N4O4/c32-26(30-11-9-28(10-12-30)15-20-6-7-24-25(14-20)35-19-34-24)5-2-8-29-16-21-13-22(18-29)23-3-1-4-27(33)31(23)17-21/h1-7,14,21-22H,8-13,15-19H2. The highest BCUT2D eigenvalue weighted by molar-refractivity contribution is 5.87. The van der Waals surface area contributed by atoms with Gasteiger partial charge in [0.25, 0.3) is 5.56 Å².